The first-order valence-corrected chi connectivity index (χ1v) is 6.47. The largest absolute Gasteiger partial charge is 0.466 e. The van der Waals surface area contributed by atoms with Crippen molar-refractivity contribution in [2.24, 2.45) is 0 Å². The second kappa shape index (κ2) is 5.03. The topological polar surface area (TPSA) is 33.4 Å². The highest BCUT2D eigenvalue weighted by molar-refractivity contribution is 9.10. The molecule has 2 aromatic rings. The predicted octanol–water partition coefficient (Wildman–Crippen LogP) is 4.53. The van der Waals surface area contributed by atoms with Gasteiger partial charge in [-0.2, -0.15) is 0 Å². The fourth-order valence-corrected chi connectivity index (χ4v) is 2.32. The van der Waals surface area contributed by atoms with Gasteiger partial charge in [-0.15, -0.1) is 0 Å². The standard InChI is InChI=1S/C13H11BrClFO2/c1-6-5-9(7(2)18-6)13(17)8-3-4-10(14)11(15)12(8)16/h3-5,13,17H,1-2H3. The van der Waals surface area contributed by atoms with Crippen molar-refractivity contribution in [2.75, 3.05) is 0 Å². The molecular weight excluding hydrogens is 322 g/mol. The molecule has 1 heterocycles. The lowest BCUT2D eigenvalue weighted by atomic mass is 10.0. The van der Waals surface area contributed by atoms with E-state index in [0.717, 1.165) is 0 Å². The van der Waals surface area contributed by atoms with E-state index in [0.29, 0.717) is 21.6 Å². The van der Waals surface area contributed by atoms with Crippen molar-refractivity contribution in [2.45, 2.75) is 20.0 Å². The van der Waals surface area contributed by atoms with Crippen LogP contribution in [0.2, 0.25) is 5.02 Å². The molecule has 0 bridgehead atoms. The summed E-state index contributed by atoms with van der Waals surface area (Å²) in [5.74, 6) is 0.611. The van der Waals surface area contributed by atoms with Gasteiger partial charge in [-0.3, -0.25) is 0 Å². The monoisotopic (exact) mass is 332 g/mol. The highest BCUT2D eigenvalue weighted by Gasteiger charge is 2.22. The highest BCUT2D eigenvalue weighted by atomic mass is 79.9. The molecule has 0 fully saturated rings. The SMILES string of the molecule is Cc1cc(C(O)c2ccc(Br)c(Cl)c2F)c(C)o1. The van der Waals surface area contributed by atoms with E-state index in [2.05, 4.69) is 15.9 Å². The number of aliphatic hydroxyl groups is 1. The molecule has 1 N–H and O–H groups in total. The number of rotatable bonds is 2. The number of aryl methyl sites for hydroxylation is 2. The lowest BCUT2D eigenvalue weighted by Crippen LogP contribution is -2.03. The summed E-state index contributed by atoms with van der Waals surface area (Å²) in [6.07, 6.45) is -1.09. The van der Waals surface area contributed by atoms with Crippen LogP contribution >= 0.6 is 27.5 Å². The molecule has 5 heteroatoms. The fourth-order valence-electron chi connectivity index (χ4n) is 1.84. The fraction of sp³-hybridized carbons (Fsp3) is 0.231. The van der Waals surface area contributed by atoms with Gasteiger partial charge in [0.25, 0.3) is 0 Å². The summed E-state index contributed by atoms with van der Waals surface area (Å²) in [6, 6.07) is 4.79. The molecule has 0 spiro atoms. The molecule has 96 valence electrons. The van der Waals surface area contributed by atoms with Gasteiger partial charge in [-0.25, -0.2) is 4.39 Å². The molecule has 0 radical (unpaired) electrons. The molecule has 0 aliphatic carbocycles. The molecule has 0 amide bonds. The third-order valence-corrected chi connectivity index (χ3v) is 3.99. The van der Waals surface area contributed by atoms with Crippen LogP contribution in [0.5, 0.6) is 0 Å². The van der Waals surface area contributed by atoms with E-state index >= 15 is 0 Å². The maximum atomic E-state index is 14.0. The summed E-state index contributed by atoms with van der Waals surface area (Å²) in [5.41, 5.74) is 0.678. The zero-order valence-corrected chi connectivity index (χ0v) is 12.1. The Kier molecular flexibility index (Phi) is 3.80. The van der Waals surface area contributed by atoms with Crippen molar-refractivity contribution in [1.82, 2.24) is 0 Å². The Bertz CT molecular complexity index is 595. The van der Waals surface area contributed by atoms with E-state index < -0.39 is 11.9 Å². The molecule has 1 aromatic heterocycles. The number of aliphatic hydroxyl groups excluding tert-OH is 1. The van der Waals surface area contributed by atoms with Gasteiger partial charge < -0.3 is 9.52 Å². The van der Waals surface area contributed by atoms with Gasteiger partial charge in [0.2, 0.25) is 0 Å². The summed E-state index contributed by atoms with van der Waals surface area (Å²) in [5, 5.41) is 10.2. The molecule has 1 unspecified atom stereocenters. The normalized spacial score (nSPS) is 12.8. The maximum absolute atomic E-state index is 14.0. The van der Waals surface area contributed by atoms with Crippen molar-refractivity contribution < 1.29 is 13.9 Å². The Morgan fingerprint density at radius 2 is 2.00 bits per heavy atom. The summed E-state index contributed by atoms with van der Waals surface area (Å²) in [6.45, 7) is 3.50. The smallest absolute Gasteiger partial charge is 0.149 e. The Morgan fingerprint density at radius 1 is 1.33 bits per heavy atom. The molecule has 0 aliphatic heterocycles. The van der Waals surface area contributed by atoms with Crippen LogP contribution in [-0.4, -0.2) is 5.11 Å². The van der Waals surface area contributed by atoms with Gasteiger partial charge in [0, 0.05) is 15.6 Å². The highest BCUT2D eigenvalue weighted by Crippen LogP contribution is 2.34. The third kappa shape index (κ3) is 2.32. The van der Waals surface area contributed by atoms with Crippen LogP contribution in [0, 0.1) is 19.7 Å². The Morgan fingerprint density at radius 3 is 2.56 bits per heavy atom. The van der Waals surface area contributed by atoms with Gasteiger partial charge >= 0.3 is 0 Å². The Hall–Kier alpha value is -0.840. The van der Waals surface area contributed by atoms with Crippen molar-refractivity contribution in [3.05, 3.63) is 56.2 Å². The second-order valence-corrected chi connectivity index (χ2v) is 5.27. The van der Waals surface area contributed by atoms with Crippen molar-refractivity contribution in [3.63, 3.8) is 0 Å². The minimum absolute atomic E-state index is 0.0376. The molecule has 0 aliphatic rings. The maximum Gasteiger partial charge on any atom is 0.149 e. The lowest BCUT2D eigenvalue weighted by molar-refractivity contribution is 0.212. The first kappa shape index (κ1) is 13.6. The van der Waals surface area contributed by atoms with Crippen molar-refractivity contribution in [1.29, 1.82) is 0 Å². The van der Waals surface area contributed by atoms with Crippen molar-refractivity contribution in [3.8, 4) is 0 Å². The first-order chi connectivity index (χ1) is 8.41. The Balaban J connectivity index is 2.49. The van der Waals surface area contributed by atoms with E-state index in [9.17, 15) is 9.50 Å². The summed E-state index contributed by atoms with van der Waals surface area (Å²) >= 11 is 8.93. The Labute approximate surface area is 118 Å². The summed E-state index contributed by atoms with van der Waals surface area (Å²) in [4.78, 5) is 0. The molecule has 0 saturated heterocycles. The van der Waals surface area contributed by atoms with E-state index in [1.165, 1.54) is 6.07 Å². The number of furan rings is 1. The average Bonchev–Trinajstić information content (AvgIpc) is 2.65. The zero-order valence-electron chi connectivity index (χ0n) is 9.80. The summed E-state index contributed by atoms with van der Waals surface area (Å²) in [7, 11) is 0. The van der Waals surface area contributed by atoms with Crippen LogP contribution in [-0.2, 0) is 0 Å². The molecule has 1 aromatic carbocycles. The first-order valence-electron chi connectivity index (χ1n) is 5.30. The lowest BCUT2D eigenvalue weighted by Gasteiger charge is -2.12. The molecule has 18 heavy (non-hydrogen) atoms. The second-order valence-electron chi connectivity index (χ2n) is 4.04. The van der Waals surface area contributed by atoms with Gasteiger partial charge in [0.05, 0.1) is 5.02 Å². The van der Waals surface area contributed by atoms with E-state index in [1.54, 1.807) is 26.0 Å². The van der Waals surface area contributed by atoms with E-state index in [-0.39, 0.29) is 10.6 Å². The minimum atomic E-state index is -1.09. The van der Waals surface area contributed by atoms with Crippen LogP contribution in [0.3, 0.4) is 0 Å². The predicted molar refractivity (Wildman–Crippen MR) is 71.4 cm³/mol. The third-order valence-electron chi connectivity index (χ3n) is 2.73. The van der Waals surface area contributed by atoms with E-state index in [4.69, 9.17) is 16.0 Å². The number of benzene rings is 1. The number of halogens is 3. The zero-order chi connectivity index (χ0) is 13.4. The molecule has 2 nitrogen and oxygen atoms in total. The van der Waals surface area contributed by atoms with Gasteiger partial charge in [-0.05, 0) is 41.9 Å². The van der Waals surface area contributed by atoms with Gasteiger partial charge in [0.1, 0.15) is 23.4 Å². The van der Waals surface area contributed by atoms with Crippen LogP contribution in [0.15, 0.2) is 27.1 Å². The van der Waals surface area contributed by atoms with Crippen LogP contribution < -0.4 is 0 Å². The van der Waals surface area contributed by atoms with E-state index in [1.807, 2.05) is 0 Å². The average molecular weight is 334 g/mol. The van der Waals surface area contributed by atoms with Crippen molar-refractivity contribution >= 4 is 27.5 Å². The van der Waals surface area contributed by atoms with Crippen LogP contribution in [0.4, 0.5) is 4.39 Å². The molecular formula is C13H11BrClFO2. The molecule has 0 saturated carbocycles. The molecule has 2 rings (SSSR count). The minimum Gasteiger partial charge on any atom is -0.466 e. The van der Waals surface area contributed by atoms with Gasteiger partial charge in [-0.1, -0.05) is 17.7 Å². The van der Waals surface area contributed by atoms with Crippen LogP contribution in [0.1, 0.15) is 28.8 Å². The van der Waals surface area contributed by atoms with Gasteiger partial charge in [0.15, 0.2) is 0 Å². The number of hydrogen-bond donors (Lipinski definition) is 1. The molecule has 1 atom stereocenters. The summed E-state index contributed by atoms with van der Waals surface area (Å²) < 4.78 is 19.8. The van der Waals surface area contributed by atoms with Crippen LogP contribution in [0.25, 0.3) is 0 Å². The quantitative estimate of drug-likeness (QED) is 0.819. The number of hydrogen-bond acceptors (Lipinski definition) is 2.